The van der Waals surface area contributed by atoms with Gasteiger partial charge < -0.3 is 14.2 Å². The fraction of sp³-hybridized carbons (Fsp3) is 0.435. The van der Waals surface area contributed by atoms with Crippen molar-refractivity contribution in [2.75, 3.05) is 12.9 Å². The van der Waals surface area contributed by atoms with Gasteiger partial charge in [-0.25, -0.2) is 4.79 Å². The molecule has 32 heavy (non-hydrogen) atoms. The SMILES string of the molecule is CCCCCCSc1ccc(Oc2ccc(C(F)(F)F)cc2Cl)cc1OC(C)C(=O)OC. The molecule has 176 valence electrons. The van der Waals surface area contributed by atoms with Crippen molar-refractivity contribution in [2.24, 2.45) is 0 Å². The molecule has 0 saturated carbocycles. The minimum Gasteiger partial charge on any atom is -0.478 e. The van der Waals surface area contributed by atoms with E-state index < -0.39 is 23.8 Å². The van der Waals surface area contributed by atoms with Gasteiger partial charge in [0.2, 0.25) is 0 Å². The average molecular weight is 491 g/mol. The standard InChI is InChI=1S/C23H26ClF3O4S/c1-4-5-6-7-12-32-21-11-9-17(14-20(21)30-15(2)22(28)29-3)31-19-10-8-16(13-18(19)24)23(25,26)27/h8-11,13-15H,4-7,12H2,1-3H3. The lowest BCUT2D eigenvalue weighted by molar-refractivity contribution is -0.148. The Morgan fingerprint density at radius 1 is 1.09 bits per heavy atom. The molecule has 0 heterocycles. The summed E-state index contributed by atoms with van der Waals surface area (Å²) in [7, 11) is 1.28. The topological polar surface area (TPSA) is 44.8 Å². The molecule has 0 spiro atoms. The first-order chi connectivity index (χ1) is 15.2. The van der Waals surface area contributed by atoms with Crippen LogP contribution in [-0.2, 0) is 15.7 Å². The number of methoxy groups -OCH3 is 1. The number of carbonyl (C=O) groups is 1. The zero-order valence-corrected chi connectivity index (χ0v) is 19.7. The van der Waals surface area contributed by atoms with Gasteiger partial charge in [0.1, 0.15) is 17.2 Å². The summed E-state index contributed by atoms with van der Waals surface area (Å²) in [5.74, 6) is 1.17. The number of benzene rings is 2. The van der Waals surface area contributed by atoms with Crippen LogP contribution >= 0.6 is 23.4 Å². The predicted octanol–water partition coefficient (Wildman–Crippen LogP) is 7.76. The summed E-state index contributed by atoms with van der Waals surface area (Å²) in [6.07, 6.45) is -0.846. The molecule has 1 atom stereocenters. The summed E-state index contributed by atoms with van der Waals surface area (Å²) >= 11 is 7.59. The minimum atomic E-state index is -4.50. The molecule has 9 heteroatoms. The van der Waals surface area contributed by atoms with Gasteiger partial charge in [0.15, 0.2) is 6.10 Å². The van der Waals surface area contributed by atoms with E-state index in [0.717, 1.165) is 42.0 Å². The fourth-order valence-corrected chi connectivity index (χ4v) is 3.97. The van der Waals surface area contributed by atoms with Gasteiger partial charge in [0.25, 0.3) is 0 Å². The second-order valence-corrected chi connectivity index (χ2v) is 8.59. The Hall–Kier alpha value is -2.06. The molecule has 2 aromatic carbocycles. The van der Waals surface area contributed by atoms with Crippen LogP contribution in [0.25, 0.3) is 0 Å². The van der Waals surface area contributed by atoms with Crippen molar-refractivity contribution in [2.45, 2.75) is 56.7 Å². The molecular formula is C23H26ClF3O4S. The largest absolute Gasteiger partial charge is 0.478 e. The molecule has 0 aliphatic heterocycles. The van der Waals surface area contributed by atoms with Crippen molar-refractivity contribution in [3.05, 3.63) is 47.0 Å². The smallest absolute Gasteiger partial charge is 0.416 e. The fourth-order valence-electron chi connectivity index (χ4n) is 2.77. The summed E-state index contributed by atoms with van der Waals surface area (Å²) < 4.78 is 54.8. The molecule has 0 fully saturated rings. The van der Waals surface area contributed by atoms with Crippen LogP contribution in [0.3, 0.4) is 0 Å². The molecule has 0 aliphatic rings. The monoisotopic (exact) mass is 490 g/mol. The lowest BCUT2D eigenvalue weighted by Crippen LogP contribution is -2.25. The molecule has 0 N–H and O–H groups in total. The Morgan fingerprint density at radius 2 is 1.84 bits per heavy atom. The Bertz CT molecular complexity index is 905. The van der Waals surface area contributed by atoms with Crippen molar-refractivity contribution in [1.29, 1.82) is 0 Å². The number of rotatable bonds is 11. The van der Waals surface area contributed by atoms with E-state index in [1.807, 2.05) is 0 Å². The van der Waals surface area contributed by atoms with E-state index in [4.69, 9.17) is 25.8 Å². The number of esters is 1. The first kappa shape index (κ1) is 26.2. The van der Waals surface area contributed by atoms with Crippen LogP contribution in [-0.4, -0.2) is 24.9 Å². The number of unbranched alkanes of at least 4 members (excludes halogenated alkanes) is 3. The molecule has 2 rings (SSSR count). The quantitative estimate of drug-likeness (QED) is 0.183. The van der Waals surface area contributed by atoms with Gasteiger partial charge in [-0.05, 0) is 49.4 Å². The molecule has 0 bridgehead atoms. The van der Waals surface area contributed by atoms with E-state index in [1.54, 1.807) is 36.9 Å². The molecule has 0 aromatic heterocycles. The molecule has 2 aromatic rings. The summed E-state index contributed by atoms with van der Waals surface area (Å²) in [5, 5.41) is -0.167. The van der Waals surface area contributed by atoms with Crippen LogP contribution in [0.5, 0.6) is 17.2 Å². The molecular weight excluding hydrogens is 465 g/mol. The van der Waals surface area contributed by atoms with Crippen LogP contribution in [0.4, 0.5) is 13.2 Å². The zero-order chi connectivity index (χ0) is 23.7. The molecule has 0 saturated heterocycles. The summed E-state index contributed by atoms with van der Waals surface area (Å²) in [5.41, 5.74) is -0.861. The van der Waals surface area contributed by atoms with Crippen molar-refractivity contribution in [3.8, 4) is 17.2 Å². The van der Waals surface area contributed by atoms with E-state index in [9.17, 15) is 18.0 Å². The second kappa shape index (κ2) is 12.3. The van der Waals surface area contributed by atoms with E-state index in [1.165, 1.54) is 19.6 Å². The van der Waals surface area contributed by atoms with Crippen molar-refractivity contribution in [1.82, 2.24) is 0 Å². The normalized spacial score (nSPS) is 12.3. The third-order valence-corrected chi connectivity index (χ3v) is 5.93. The Balaban J connectivity index is 2.22. The maximum Gasteiger partial charge on any atom is 0.416 e. The third kappa shape index (κ3) is 7.81. The highest BCUT2D eigenvalue weighted by Gasteiger charge is 2.31. The summed E-state index contributed by atoms with van der Waals surface area (Å²) in [4.78, 5) is 12.6. The average Bonchev–Trinajstić information content (AvgIpc) is 2.74. The predicted molar refractivity (Wildman–Crippen MR) is 120 cm³/mol. The van der Waals surface area contributed by atoms with Gasteiger partial charge in [-0.15, -0.1) is 11.8 Å². The van der Waals surface area contributed by atoms with Gasteiger partial charge in [-0.1, -0.05) is 37.8 Å². The maximum atomic E-state index is 12.9. The highest BCUT2D eigenvalue weighted by molar-refractivity contribution is 7.99. The number of halogens is 4. The Morgan fingerprint density at radius 3 is 2.47 bits per heavy atom. The number of alkyl halides is 3. The summed E-state index contributed by atoms with van der Waals surface area (Å²) in [6.45, 7) is 3.72. The Kier molecular flexibility index (Phi) is 10.0. The van der Waals surface area contributed by atoms with Gasteiger partial charge in [0, 0.05) is 11.0 Å². The van der Waals surface area contributed by atoms with E-state index in [0.29, 0.717) is 11.5 Å². The lowest BCUT2D eigenvalue weighted by atomic mass is 10.2. The van der Waals surface area contributed by atoms with Crippen molar-refractivity contribution in [3.63, 3.8) is 0 Å². The number of ether oxygens (including phenoxy) is 3. The highest BCUT2D eigenvalue weighted by Crippen LogP contribution is 2.39. The van der Waals surface area contributed by atoms with E-state index in [2.05, 4.69) is 6.92 Å². The third-order valence-electron chi connectivity index (χ3n) is 4.49. The Labute approximate surface area is 195 Å². The summed E-state index contributed by atoms with van der Waals surface area (Å²) in [6, 6.07) is 7.93. The minimum absolute atomic E-state index is 0.0756. The number of hydrogen-bond acceptors (Lipinski definition) is 5. The second-order valence-electron chi connectivity index (χ2n) is 7.05. The first-order valence-electron chi connectivity index (χ1n) is 10.2. The van der Waals surface area contributed by atoms with Crippen molar-refractivity contribution < 1.29 is 32.2 Å². The maximum absolute atomic E-state index is 12.9. The van der Waals surface area contributed by atoms with Crippen molar-refractivity contribution >= 4 is 29.3 Å². The number of hydrogen-bond donors (Lipinski definition) is 0. The van der Waals surface area contributed by atoms with Gasteiger partial charge in [-0.3, -0.25) is 0 Å². The lowest BCUT2D eigenvalue weighted by Gasteiger charge is -2.17. The van der Waals surface area contributed by atoms with Crippen LogP contribution in [0.15, 0.2) is 41.3 Å². The van der Waals surface area contributed by atoms with Crippen LogP contribution < -0.4 is 9.47 Å². The van der Waals surface area contributed by atoms with Gasteiger partial charge >= 0.3 is 12.1 Å². The molecule has 1 unspecified atom stereocenters. The number of carbonyl (C=O) groups excluding carboxylic acids is 1. The first-order valence-corrected chi connectivity index (χ1v) is 11.6. The molecule has 0 amide bonds. The van der Waals surface area contributed by atoms with Crippen LogP contribution in [0.1, 0.15) is 45.1 Å². The molecule has 4 nitrogen and oxygen atoms in total. The molecule has 0 radical (unpaired) electrons. The zero-order valence-electron chi connectivity index (χ0n) is 18.1. The van der Waals surface area contributed by atoms with E-state index >= 15 is 0 Å². The molecule has 0 aliphatic carbocycles. The van der Waals surface area contributed by atoms with Gasteiger partial charge in [-0.2, -0.15) is 13.2 Å². The number of thioether (sulfide) groups is 1. The van der Waals surface area contributed by atoms with Crippen LogP contribution in [0.2, 0.25) is 5.02 Å². The van der Waals surface area contributed by atoms with E-state index in [-0.39, 0.29) is 10.8 Å². The van der Waals surface area contributed by atoms with Gasteiger partial charge in [0.05, 0.1) is 17.7 Å². The highest BCUT2D eigenvalue weighted by atomic mass is 35.5. The van der Waals surface area contributed by atoms with Crippen LogP contribution in [0, 0.1) is 0 Å².